The van der Waals surface area contributed by atoms with Crippen LogP contribution in [0.15, 0.2) is 42.5 Å². The first-order chi connectivity index (χ1) is 9.60. The highest BCUT2D eigenvalue weighted by molar-refractivity contribution is 5.26. The first-order valence-corrected chi connectivity index (χ1v) is 7.09. The van der Waals surface area contributed by atoms with E-state index in [-0.39, 0.29) is 11.9 Å². The van der Waals surface area contributed by atoms with Crippen LogP contribution in [0.3, 0.4) is 0 Å². The summed E-state index contributed by atoms with van der Waals surface area (Å²) in [5.74, 6) is -0.127. The first-order valence-electron chi connectivity index (χ1n) is 7.09. The third-order valence-corrected chi connectivity index (χ3v) is 3.79. The molecule has 0 bridgehead atoms. The molecule has 0 saturated carbocycles. The van der Waals surface area contributed by atoms with Crippen LogP contribution in [0, 0.1) is 19.7 Å². The number of aryl methyl sites for hydroxylation is 3. The average Bonchev–Trinajstić information content (AvgIpc) is 2.45. The lowest BCUT2D eigenvalue weighted by molar-refractivity contribution is 0.541. The zero-order valence-electron chi connectivity index (χ0n) is 12.4. The summed E-state index contributed by atoms with van der Waals surface area (Å²) in [7, 11) is 1.93. The molecule has 0 radical (unpaired) electrons. The number of nitrogens with one attached hydrogen (secondary N) is 1. The van der Waals surface area contributed by atoms with Crippen LogP contribution in [0.5, 0.6) is 0 Å². The van der Waals surface area contributed by atoms with Crippen LogP contribution < -0.4 is 5.32 Å². The second-order valence-corrected chi connectivity index (χ2v) is 5.37. The minimum absolute atomic E-state index is 0.127. The molecular formula is C18H22FN. The summed E-state index contributed by atoms with van der Waals surface area (Å²) in [6.45, 7) is 3.88. The topological polar surface area (TPSA) is 12.0 Å². The standard InChI is InChI=1S/C18H22FN/c1-13-4-7-15(8-5-13)9-11-18(20-3)16-10-6-14(2)17(19)12-16/h4-8,10,12,18,20H,9,11H2,1-3H3. The van der Waals surface area contributed by atoms with Gasteiger partial charge in [0.05, 0.1) is 0 Å². The first kappa shape index (κ1) is 14.7. The molecular weight excluding hydrogens is 249 g/mol. The minimum Gasteiger partial charge on any atom is -0.313 e. The number of hydrogen-bond acceptors (Lipinski definition) is 1. The van der Waals surface area contributed by atoms with Crippen LogP contribution in [0.4, 0.5) is 4.39 Å². The van der Waals surface area contributed by atoms with E-state index in [1.54, 1.807) is 13.0 Å². The van der Waals surface area contributed by atoms with E-state index in [0.717, 1.165) is 18.4 Å². The highest BCUT2D eigenvalue weighted by Crippen LogP contribution is 2.21. The van der Waals surface area contributed by atoms with Crippen molar-refractivity contribution in [2.24, 2.45) is 0 Å². The molecule has 20 heavy (non-hydrogen) atoms. The van der Waals surface area contributed by atoms with Crippen LogP contribution in [0.2, 0.25) is 0 Å². The van der Waals surface area contributed by atoms with Gasteiger partial charge in [-0.3, -0.25) is 0 Å². The van der Waals surface area contributed by atoms with E-state index in [1.165, 1.54) is 11.1 Å². The molecule has 0 aliphatic rings. The van der Waals surface area contributed by atoms with Gasteiger partial charge in [-0.1, -0.05) is 42.0 Å². The van der Waals surface area contributed by atoms with Gasteiger partial charge in [0.15, 0.2) is 0 Å². The van der Waals surface area contributed by atoms with E-state index in [4.69, 9.17) is 0 Å². The lowest BCUT2D eigenvalue weighted by atomic mass is 9.98. The van der Waals surface area contributed by atoms with Gasteiger partial charge in [-0.25, -0.2) is 4.39 Å². The Morgan fingerprint density at radius 3 is 2.35 bits per heavy atom. The van der Waals surface area contributed by atoms with Crippen molar-refractivity contribution in [1.29, 1.82) is 0 Å². The Kier molecular flexibility index (Phi) is 4.91. The summed E-state index contributed by atoms with van der Waals surface area (Å²) in [6.07, 6.45) is 1.95. The number of halogens is 1. The maximum Gasteiger partial charge on any atom is 0.126 e. The van der Waals surface area contributed by atoms with Gasteiger partial charge in [0.2, 0.25) is 0 Å². The fraction of sp³-hybridized carbons (Fsp3) is 0.333. The molecule has 1 atom stereocenters. The van der Waals surface area contributed by atoms with E-state index in [0.29, 0.717) is 5.56 Å². The Balaban J connectivity index is 2.05. The van der Waals surface area contributed by atoms with Crippen LogP contribution in [0.1, 0.15) is 34.7 Å². The molecule has 2 aromatic carbocycles. The van der Waals surface area contributed by atoms with E-state index < -0.39 is 0 Å². The molecule has 0 aliphatic carbocycles. The molecule has 0 spiro atoms. The quantitative estimate of drug-likeness (QED) is 0.853. The van der Waals surface area contributed by atoms with Crippen LogP contribution in [-0.2, 0) is 6.42 Å². The van der Waals surface area contributed by atoms with Crippen molar-refractivity contribution < 1.29 is 4.39 Å². The summed E-state index contributed by atoms with van der Waals surface area (Å²) in [5.41, 5.74) is 4.31. The Labute approximate surface area is 120 Å². The molecule has 1 nitrogen and oxygen atoms in total. The molecule has 1 unspecified atom stereocenters. The van der Waals surface area contributed by atoms with Crippen molar-refractivity contribution in [3.8, 4) is 0 Å². The van der Waals surface area contributed by atoms with Crippen molar-refractivity contribution in [3.05, 3.63) is 70.5 Å². The second-order valence-electron chi connectivity index (χ2n) is 5.37. The molecule has 0 aliphatic heterocycles. The fourth-order valence-electron chi connectivity index (χ4n) is 2.37. The van der Waals surface area contributed by atoms with Gasteiger partial charge < -0.3 is 5.32 Å². The van der Waals surface area contributed by atoms with E-state index in [2.05, 4.69) is 36.5 Å². The van der Waals surface area contributed by atoms with Crippen molar-refractivity contribution in [2.75, 3.05) is 7.05 Å². The normalized spacial score (nSPS) is 12.4. The lowest BCUT2D eigenvalue weighted by Gasteiger charge is -2.17. The second kappa shape index (κ2) is 6.67. The Morgan fingerprint density at radius 1 is 1.05 bits per heavy atom. The van der Waals surface area contributed by atoms with Crippen molar-refractivity contribution in [3.63, 3.8) is 0 Å². The summed E-state index contributed by atoms with van der Waals surface area (Å²) in [5, 5.41) is 3.28. The fourth-order valence-corrected chi connectivity index (χ4v) is 2.37. The molecule has 2 heteroatoms. The molecule has 2 rings (SSSR count). The van der Waals surface area contributed by atoms with Crippen molar-refractivity contribution >= 4 is 0 Å². The summed E-state index contributed by atoms with van der Waals surface area (Å²) >= 11 is 0. The van der Waals surface area contributed by atoms with Crippen molar-refractivity contribution in [2.45, 2.75) is 32.7 Å². The monoisotopic (exact) mass is 271 g/mol. The summed E-state index contributed by atoms with van der Waals surface area (Å²) in [6, 6.07) is 14.3. The van der Waals surface area contributed by atoms with E-state index in [1.807, 2.05) is 19.2 Å². The zero-order valence-corrected chi connectivity index (χ0v) is 12.4. The highest BCUT2D eigenvalue weighted by atomic mass is 19.1. The molecule has 0 fully saturated rings. The van der Waals surface area contributed by atoms with Crippen molar-refractivity contribution in [1.82, 2.24) is 5.32 Å². The minimum atomic E-state index is -0.127. The zero-order chi connectivity index (χ0) is 14.5. The van der Waals surface area contributed by atoms with Gasteiger partial charge >= 0.3 is 0 Å². The largest absolute Gasteiger partial charge is 0.313 e. The lowest BCUT2D eigenvalue weighted by Crippen LogP contribution is -2.17. The van der Waals surface area contributed by atoms with Gasteiger partial charge in [0.25, 0.3) is 0 Å². The van der Waals surface area contributed by atoms with Gasteiger partial charge in [0, 0.05) is 6.04 Å². The molecule has 1 N–H and O–H groups in total. The molecule has 2 aromatic rings. The molecule has 0 saturated heterocycles. The van der Waals surface area contributed by atoms with Crippen LogP contribution >= 0.6 is 0 Å². The molecule has 0 amide bonds. The average molecular weight is 271 g/mol. The number of benzene rings is 2. The Hall–Kier alpha value is -1.67. The summed E-state index contributed by atoms with van der Waals surface area (Å²) < 4.78 is 13.7. The van der Waals surface area contributed by atoms with E-state index >= 15 is 0 Å². The molecule has 0 heterocycles. The predicted octanol–water partition coefficient (Wildman–Crippen LogP) is 4.34. The highest BCUT2D eigenvalue weighted by Gasteiger charge is 2.11. The smallest absolute Gasteiger partial charge is 0.126 e. The number of rotatable bonds is 5. The van der Waals surface area contributed by atoms with Crippen LogP contribution in [0.25, 0.3) is 0 Å². The third-order valence-electron chi connectivity index (χ3n) is 3.79. The summed E-state index contributed by atoms with van der Waals surface area (Å²) in [4.78, 5) is 0. The molecule has 106 valence electrons. The SMILES string of the molecule is CNC(CCc1ccc(C)cc1)c1ccc(C)c(F)c1. The Bertz CT molecular complexity index is 560. The van der Waals surface area contributed by atoms with Gasteiger partial charge in [-0.2, -0.15) is 0 Å². The van der Waals surface area contributed by atoms with E-state index in [9.17, 15) is 4.39 Å². The van der Waals surface area contributed by atoms with Crippen LogP contribution in [-0.4, -0.2) is 7.05 Å². The maximum absolute atomic E-state index is 13.7. The number of hydrogen-bond donors (Lipinski definition) is 1. The Morgan fingerprint density at radius 2 is 1.75 bits per heavy atom. The van der Waals surface area contributed by atoms with Gasteiger partial charge in [-0.15, -0.1) is 0 Å². The third kappa shape index (κ3) is 3.67. The van der Waals surface area contributed by atoms with Gasteiger partial charge in [-0.05, 0) is 56.5 Å². The predicted molar refractivity (Wildman–Crippen MR) is 82.4 cm³/mol. The van der Waals surface area contributed by atoms with Gasteiger partial charge in [0.1, 0.15) is 5.82 Å². The maximum atomic E-state index is 13.7. The molecule has 0 aromatic heterocycles.